The molecule has 0 aromatic carbocycles. The highest BCUT2D eigenvalue weighted by Gasteiger charge is 2.12. The molecule has 1 aromatic rings. The number of H-pyrrole nitrogens is 1. The van der Waals surface area contributed by atoms with Gasteiger partial charge in [0.15, 0.2) is 6.20 Å². The van der Waals surface area contributed by atoms with E-state index in [-0.39, 0.29) is 5.91 Å². The van der Waals surface area contributed by atoms with Gasteiger partial charge in [-0.25, -0.2) is 9.97 Å². The summed E-state index contributed by atoms with van der Waals surface area (Å²) >= 11 is 0. The molecule has 0 unspecified atom stereocenters. The number of carbonyl (C=O) groups is 1. The van der Waals surface area contributed by atoms with E-state index in [0.29, 0.717) is 12.2 Å². The second kappa shape index (κ2) is 6.00. The van der Waals surface area contributed by atoms with Crippen LogP contribution in [-0.2, 0) is 0 Å². The number of aromatic amines is 1. The highest BCUT2D eigenvalue weighted by Crippen LogP contribution is 1.97. The second-order valence-corrected chi connectivity index (χ2v) is 3.74. The number of rotatable bonds is 4. The topological polar surface area (TPSA) is 56.1 Å². The van der Waals surface area contributed by atoms with E-state index in [1.165, 1.54) is 5.57 Å². The van der Waals surface area contributed by atoms with Gasteiger partial charge in [-0.3, -0.25) is 4.79 Å². The number of nitrogens with zero attached hydrogens (tertiary/aromatic N) is 1. The van der Waals surface area contributed by atoms with Crippen LogP contribution in [-0.4, -0.2) is 17.4 Å². The standard InChI is InChI=1S/C12H17N3O/c1-4-9(2)5-6-13-12(16)11-8-14-10(3)7-15-11/h4,7-8H,5-6H2,1-3H3,(H,13,16)/p+1/b9-4+. The Kier molecular flexibility index (Phi) is 4.64. The van der Waals surface area contributed by atoms with Crippen LogP contribution in [0.3, 0.4) is 0 Å². The van der Waals surface area contributed by atoms with Gasteiger partial charge in [0.2, 0.25) is 0 Å². The number of hydrogen-bond donors (Lipinski definition) is 1. The van der Waals surface area contributed by atoms with Crippen molar-refractivity contribution in [1.82, 2.24) is 10.3 Å². The summed E-state index contributed by atoms with van der Waals surface area (Å²) in [4.78, 5) is 18.6. The highest BCUT2D eigenvalue weighted by atomic mass is 16.1. The predicted molar refractivity (Wildman–Crippen MR) is 61.9 cm³/mol. The zero-order chi connectivity index (χ0) is 12.0. The third-order valence-electron chi connectivity index (χ3n) is 2.38. The van der Waals surface area contributed by atoms with Crippen molar-refractivity contribution in [3.63, 3.8) is 0 Å². The molecule has 0 aliphatic rings. The molecule has 0 fully saturated rings. The van der Waals surface area contributed by atoms with Gasteiger partial charge >= 0.3 is 5.91 Å². The number of aryl methyl sites for hydroxylation is 1. The van der Waals surface area contributed by atoms with Crippen molar-refractivity contribution in [3.05, 3.63) is 35.4 Å². The van der Waals surface area contributed by atoms with Crippen molar-refractivity contribution in [2.45, 2.75) is 27.2 Å². The first-order valence-corrected chi connectivity index (χ1v) is 5.38. The molecule has 0 bridgehead atoms. The Morgan fingerprint density at radius 1 is 1.62 bits per heavy atom. The molecule has 0 spiro atoms. The summed E-state index contributed by atoms with van der Waals surface area (Å²) < 4.78 is 0. The van der Waals surface area contributed by atoms with E-state index < -0.39 is 0 Å². The zero-order valence-corrected chi connectivity index (χ0v) is 10.0. The van der Waals surface area contributed by atoms with E-state index in [1.54, 1.807) is 12.4 Å². The largest absolute Gasteiger partial charge is 0.346 e. The maximum absolute atomic E-state index is 11.6. The molecule has 1 rings (SSSR count). The fraction of sp³-hybridized carbons (Fsp3) is 0.417. The Hall–Kier alpha value is -1.71. The van der Waals surface area contributed by atoms with Crippen molar-refractivity contribution >= 4 is 5.91 Å². The average molecular weight is 220 g/mol. The first-order valence-electron chi connectivity index (χ1n) is 5.38. The lowest BCUT2D eigenvalue weighted by atomic mass is 10.2. The summed E-state index contributed by atoms with van der Waals surface area (Å²) in [5.74, 6) is -0.114. The molecule has 1 amide bonds. The van der Waals surface area contributed by atoms with Gasteiger partial charge in [-0.15, -0.1) is 0 Å². The van der Waals surface area contributed by atoms with Gasteiger partial charge in [0.05, 0.1) is 0 Å². The fourth-order valence-corrected chi connectivity index (χ4v) is 1.16. The monoisotopic (exact) mass is 220 g/mol. The molecule has 2 N–H and O–H groups in total. The summed E-state index contributed by atoms with van der Waals surface area (Å²) in [5.41, 5.74) is 2.62. The van der Waals surface area contributed by atoms with Crippen LogP contribution in [0.15, 0.2) is 24.0 Å². The average Bonchev–Trinajstić information content (AvgIpc) is 2.29. The minimum absolute atomic E-state index is 0.114. The molecule has 1 aromatic heterocycles. The van der Waals surface area contributed by atoms with Gasteiger partial charge in [-0.2, -0.15) is 0 Å². The van der Waals surface area contributed by atoms with E-state index in [2.05, 4.69) is 15.3 Å². The lowest BCUT2D eigenvalue weighted by molar-refractivity contribution is -0.383. The molecule has 86 valence electrons. The predicted octanol–water partition coefficient (Wildman–Crippen LogP) is 1.29. The van der Waals surface area contributed by atoms with Crippen LogP contribution < -0.4 is 10.3 Å². The summed E-state index contributed by atoms with van der Waals surface area (Å²) in [6, 6.07) is 0. The molecular weight excluding hydrogens is 202 g/mol. The smallest absolute Gasteiger partial charge is 0.317 e. The van der Waals surface area contributed by atoms with E-state index in [0.717, 1.165) is 12.1 Å². The van der Waals surface area contributed by atoms with Crippen molar-refractivity contribution < 1.29 is 9.78 Å². The second-order valence-electron chi connectivity index (χ2n) is 3.74. The summed E-state index contributed by atoms with van der Waals surface area (Å²) in [6.45, 7) is 6.56. The summed E-state index contributed by atoms with van der Waals surface area (Å²) in [7, 11) is 0. The van der Waals surface area contributed by atoms with Gasteiger partial charge in [0, 0.05) is 6.54 Å². The Balaban J connectivity index is 2.44. The number of hydrogen-bond acceptors (Lipinski definition) is 2. The van der Waals surface area contributed by atoms with E-state index >= 15 is 0 Å². The first kappa shape index (κ1) is 12.4. The van der Waals surface area contributed by atoms with Crippen molar-refractivity contribution in [2.24, 2.45) is 0 Å². The Labute approximate surface area is 95.8 Å². The Morgan fingerprint density at radius 2 is 2.38 bits per heavy atom. The molecule has 16 heavy (non-hydrogen) atoms. The normalized spacial score (nSPS) is 11.3. The highest BCUT2D eigenvalue weighted by molar-refractivity contribution is 5.90. The zero-order valence-electron chi connectivity index (χ0n) is 10.0. The van der Waals surface area contributed by atoms with Gasteiger partial charge in [-0.05, 0) is 27.2 Å². The summed E-state index contributed by atoms with van der Waals surface area (Å²) in [5, 5.41) is 2.83. The van der Waals surface area contributed by atoms with Crippen LogP contribution in [0.2, 0.25) is 0 Å². The molecule has 0 aliphatic carbocycles. The summed E-state index contributed by atoms with van der Waals surface area (Å²) in [6.07, 6.45) is 6.19. The fourth-order valence-electron chi connectivity index (χ4n) is 1.16. The van der Waals surface area contributed by atoms with Crippen molar-refractivity contribution in [3.8, 4) is 0 Å². The minimum atomic E-state index is -0.114. The number of allylic oxidation sites excluding steroid dienone is 1. The van der Waals surface area contributed by atoms with E-state index in [9.17, 15) is 4.79 Å². The lowest BCUT2D eigenvalue weighted by Gasteiger charge is -2.02. The third kappa shape index (κ3) is 3.81. The molecular formula is C12H18N3O+. The molecule has 0 atom stereocenters. The molecule has 4 heteroatoms. The number of nitrogens with one attached hydrogen (secondary N) is 2. The molecule has 0 radical (unpaired) electrons. The van der Waals surface area contributed by atoms with Crippen molar-refractivity contribution in [2.75, 3.05) is 6.54 Å². The molecule has 4 nitrogen and oxygen atoms in total. The Bertz CT molecular complexity index is 382. The minimum Gasteiger partial charge on any atom is -0.346 e. The maximum atomic E-state index is 11.6. The van der Waals surface area contributed by atoms with Crippen molar-refractivity contribution in [1.29, 1.82) is 0 Å². The van der Waals surface area contributed by atoms with Crippen LogP contribution in [0, 0.1) is 6.92 Å². The van der Waals surface area contributed by atoms with Crippen LogP contribution in [0.5, 0.6) is 0 Å². The molecule has 1 heterocycles. The molecule has 0 saturated heterocycles. The molecule has 0 aliphatic heterocycles. The van der Waals surface area contributed by atoms with E-state index in [4.69, 9.17) is 0 Å². The quantitative estimate of drug-likeness (QED) is 0.777. The van der Waals surface area contributed by atoms with Gasteiger partial charge in [0.1, 0.15) is 11.9 Å². The van der Waals surface area contributed by atoms with Gasteiger partial charge in [0.25, 0.3) is 5.69 Å². The Morgan fingerprint density at radius 3 is 2.94 bits per heavy atom. The van der Waals surface area contributed by atoms with Gasteiger partial charge < -0.3 is 5.32 Å². The van der Waals surface area contributed by atoms with Crippen LogP contribution in [0.4, 0.5) is 0 Å². The molecule has 0 saturated carbocycles. The number of aromatic nitrogens is 2. The first-order chi connectivity index (χ1) is 7.63. The van der Waals surface area contributed by atoms with Crippen LogP contribution >= 0.6 is 0 Å². The number of amides is 1. The SMILES string of the molecule is C/C=C(\C)CCNC(=O)c1cnc(C)c[nH+]1. The lowest BCUT2D eigenvalue weighted by Crippen LogP contribution is -2.30. The van der Waals surface area contributed by atoms with Crippen LogP contribution in [0.1, 0.15) is 36.5 Å². The van der Waals surface area contributed by atoms with Crippen LogP contribution in [0.25, 0.3) is 0 Å². The maximum Gasteiger partial charge on any atom is 0.317 e. The number of carbonyl (C=O) groups excluding carboxylic acids is 1. The van der Waals surface area contributed by atoms with Gasteiger partial charge in [-0.1, -0.05) is 11.6 Å². The third-order valence-corrected chi connectivity index (χ3v) is 2.38. The van der Waals surface area contributed by atoms with E-state index in [1.807, 2.05) is 26.8 Å².